The van der Waals surface area contributed by atoms with Gasteiger partial charge in [0.15, 0.2) is 5.82 Å². The molecule has 1 rings (SSSR count). The molecule has 0 saturated carbocycles. The molecule has 1 aromatic rings. The molecule has 0 aliphatic heterocycles. The zero-order valence-electron chi connectivity index (χ0n) is 9.69. The summed E-state index contributed by atoms with van der Waals surface area (Å²) in [5.41, 5.74) is 6.22. The molecule has 1 heterocycles. The second kappa shape index (κ2) is 6.53. The first-order valence-electron chi connectivity index (χ1n) is 5.21. The van der Waals surface area contributed by atoms with Crippen LogP contribution in [0.4, 0.5) is 15.9 Å². The van der Waals surface area contributed by atoms with Gasteiger partial charge in [-0.2, -0.15) is 10.2 Å². The molecule has 0 aliphatic rings. The van der Waals surface area contributed by atoms with E-state index in [1.54, 1.807) is 17.0 Å². The van der Waals surface area contributed by atoms with Crippen molar-refractivity contribution in [3.05, 3.63) is 12.1 Å². The molecule has 0 aliphatic carbocycles. The van der Waals surface area contributed by atoms with Gasteiger partial charge in [0.05, 0.1) is 25.3 Å². The number of hydrogen-bond acceptors (Lipinski definition) is 5. The van der Waals surface area contributed by atoms with E-state index in [9.17, 15) is 4.39 Å². The average molecular weight is 238 g/mol. The largest absolute Gasteiger partial charge is 0.481 e. The zero-order valence-corrected chi connectivity index (χ0v) is 9.69. The van der Waals surface area contributed by atoms with Crippen molar-refractivity contribution >= 4 is 11.5 Å². The number of nitrogens with zero attached hydrogens (tertiary/aromatic N) is 3. The highest BCUT2D eigenvalue weighted by Crippen LogP contribution is 2.23. The summed E-state index contributed by atoms with van der Waals surface area (Å²) in [5.74, 6) is 0.868. The fraction of sp³-hybridized carbons (Fsp3) is 0.455. The minimum atomic E-state index is -0.524. The van der Waals surface area contributed by atoms with Crippen molar-refractivity contribution in [1.29, 1.82) is 5.26 Å². The first-order chi connectivity index (χ1) is 8.22. The van der Waals surface area contributed by atoms with Gasteiger partial charge in [0, 0.05) is 19.2 Å². The van der Waals surface area contributed by atoms with E-state index >= 15 is 0 Å². The third kappa shape index (κ3) is 3.48. The number of pyridine rings is 1. The van der Waals surface area contributed by atoms with Crippen LogP contribution < -0.4 is 15.4 Å². The van der Waals surface area contributed by atoms with E-state index in [2.05, 4.69) is 4.98 Å². The number of nitrogen functional groups attached to an aromatic ring is 1. The minimum absolute atomic E-state index is 0.159. The summed E-state index contributed by atoms with van der Waals surface area (Å²) in [6.45, 7) is 0.0284. The molecule has 2 N–H and O–H groups in total. The van der Waals surface area contributed by atoms with E-state index < -0.39 is 6.67 Å². The number of methoxy groups -OCH3 is 1. The summed E-state index contributed by atoms with van der Waals surface area (Å²) in [6, 6.07) is 5.30. The van der Waals surface area contributed by atoms with Gasteiger partial charge >= 0.3 is 0 Å². The number of anilines is 2. The fourth-order valence-corrected chi connectivity index (χ4v) is 1.42. The van der Waals surface area contributed by atoms with Crippen LogP contribution in [0.2, 0.25) is 0 Å². The van der Waals surface area contributed by atoms with Gasteiger partial charge in [-0.3, -0.25) is 0 Å². The highest BCUT2D eigenvalue weighted by molar-refractivity contribution is 5.63. The lowest BCUT2D eigenvalue weighted by atomic mass is 10.3. The first-order valence-corrected chi connectivity index (χ1v) is 5.21. The molecule has 0 amide bonds. The van der Waals surface area contributed by atoms with Crippen molar-refractivity contribution < 1.29 is 9.13 Å². The monoisotopic (exact) mass is 238 g/mol. The summed E-state index contributed by atoms with van der Waals surface area (Å²) in [4.78, 5) is 5.81. The quantitative estimate of drug-likeness (QED) is 0.809. The summed E-state index contributed by atoms with van der Waals surface area (Å²) in [7, 11) is 1.50. The van der Waals surface area contributed by atoms with Crippen molar-refractivity contribution in [3.63, 3.8) is 0 Å². The van der Waals surface area contributed by atoms with Gasteiger partial charge in [-0.1, -0.05) is 0 Å². The topological polar surface area (TPSA) is 75.2 Å². The lowest BCUT2D eigenvalue weighted by Crippen LogP contribution is -2.28. The minimum Gasteiger partial charge on any atom is -0.481 e. The Hall–Kier alpha value is -2.03. The lowest BCUT2D eigenvalue weighted by molar-refractivity contribution is 0.397. The number of hydrogen-bond donors (Lipinski definition) is 1. The van der Waals surface area contributed by atoms with E-state index in [1.807, 2.05) is 6.07 Å². The Balaban J connectivity index is 2.95. The SMILES string of the molecule is COc1ccc(N)c(N(CCF)CCC#N)n1. The van der Waals surface area contributed by atoms with Crippen LogP contribution in [0.25, 0.3) is 0 Å². The molecular weight excluding hydrogens is 223 g/mol. The molecule has 0 atom stereocenters. The number of rotatable bonds is 6. The molecule has 0 fully saturated rings. The maximum atomic E-state index is 12.4. The van der Waals surface area contributed by atoms with Crippen molar-refractivity contribution in [2.24, 2.45) is 0 Å². The fourth-order valence-electron chi connectivity index (χ4n) is 1.42. The normalized spacial score (nSPS) is 9.71. The van der Waals surface area contributed by atoms with Gasteiger partial charge in [-0.15, -0.1) is 0 Å². The van der Waals surface area contributed by atoms with Crippen LogP contribution >= 0.6 is 0 Å². The summed E-state index contributed by atoms with van der Waals surface area (Å²) in [5, 5.41) is 8.55. The van der Waals surface area contributed by atoms with Crippen LogP contribution in [-0.2, 0) is 0 Å². The van der Waals surface area contributed by atoms with Crippen LogP contribution in [0.3, 0.4) is 0 Å². The molecule has 0 saturated heterocycles. The van der Waals surface area contributed by atoms with Gasteiger partial charge in [-0.05, 0) is 6.07 Å². The maximum Gasteiger partial charge on any atom is 0.215 e. The maximum absolute atomic E-state index is 12.4. The van der Waals surface area contributed by atoms with Gasteiger partial charge in [0.25, 0.3) is 0 Å². The Morgan fingerprint density at radius 3 is 2.88 bits per heavy atom. The second-order valence-electron chi connectivity index (χ2n) is 3.35. The predicted octanol–water partition coefficient (Wildman–Crippen LogP) is 1.36. The highest BCUT2D eigenvalue weighted by Gasteiger charge is 2.12. The second-order valence-corrected chi connectivity index (χ2v) is 3.35. The lowest BCUT2D eigenvalue weighted by Gasteiger charge is -2.22. The van der Waals surface area contributed by atoms with Gasteiger partial charge in [0.2, 0.25) is 5.88 Å². The molecule has 17 heavy (non-hydrogen) atoms. The standard InChI is InChI=1S/C11H15FN4O/c1-17-10-4-3-9(14)11(15-10)16(8-5-12)7-2-6-13/h3-4H,2,5,7-8,14H2,1H3. The molecular formula is C11H15FN4O. The van der Waals surface area contributed by atoms with Gasteiger partial charge in [0.1, 0.15) is 6.67 Å². The highest BCUT2D eigenvalue weighted by atomic mass is 19.1. The third-order valence-corrected chi connectivity index (χ3v) is 2.24. The zero-order chi connectivity index (χ0) is 12.7. The molecule has 0 spiro atoms. The smallest absolute Gasteiger partial charge is 0.215 e. The number of alkyl halides is 1. The van der Waals surface area contributed by atoms with Crippen molar-refractivity contribution in [3.8, 4) is 11.9 Å². The summed E-state index contributed by atoms with van der Waals surface area (Å²) < 4.78 is 17.4. The van der Waals surface area contributed by atoms with Crippen molar-refractivity contribution in [2.75, 3.05) is 37.5 Å². The van der Waals surface area contributed by atoms with E-state index in [0.717, 1.165) is 0 Å². The van der Waals surface area contributed by atoms with Crippen LogP contribution in [0.1, 0.15) is 6.42 Å². The molecule has 92 valence electrons. The summed E-state index contributed by atoms with van der Waals surface area (Å²) >= 11 is 0. The number of aromatic nitrogens is 1. The molecule has 0 unspecified atom stereocenters. The molecule has 0 radical (unpaired) electrons. The van der Waals surface area contributed by atoms with E-state index in [-0.39, 0.29) is 6.54 Å². The Bertz CT molecular complexity index is 405. The number of ether oxygens (including phenoxy) is 1. The van der Waals surface area contributed by atoms with Crippen LogP contribution in [0, 0.1) is 11.3 Å². The van der Waals surface area contributed by atoms with Gasteiger partial charge < -0.3 is 15.4 Å². The molecule has 6 heteroatoms. The van der Waals surface area contributed by atoms with Crippen LogP contribution in [0.5, 0.6) is 5.88 Å². The Kier molecular flexibility index (Phi) is 5.01. The van der Waals surface area contributed by atoms with Crippen LogP contribution in [-0.4, -0.2) is 31.9 Å². The predicted molar refractivity (Wildman–Crippen MR) is 63.6 cm³/mol. The average Bonchev–Trinajstić information content (AvgIpc) is 2.35. The molecule has 0 aromatic carbocycles. The number of halogens is 1. The van der Waals surface area contributed by atoms with Gasteiger partial charge in [-0.25, -0.2) is 4.39 Å². The Labute approximate surface area is 99.6 Å². The Morgan fingerprint density at radius 1 is 1.53 bits per heavy atom. The van der Waals surface area contributed by atoms with Crippen LogP contribution in [0.15, 0.2) is 12.1 Å². The van der Waals surface area contributed by atoms with E-state index in [4.69, 9.17) is 15.7 Å². The third-order valence-electron chi connectivity index (χ3n) is 2.24. The molecule has 1 aromatic heterocycles. The Morgan fingerprint density at radius 2 is 2.29 bits per heavy atom. The number of nitriles is 1. The summed E-state index contributed by atoms with van der Waals surface area (Å²) in [6.07, 6.45) is 0.290. The molecule has 0 bridgehead atoms. The number of nitrogens with two attached hydrogens (primary N) is 1. The first kappa shape index (κ1) is 13.0. The van der Waals surface area contributed by atoms with Crippen molar-refractivity contribution in [1.82, 2.24) is 4.98 Å². The van der Waals surface area contributed by atoms with E-state index in [0.29, 0.717) is 30.4 Å². The molecule has 5 nitrogen and oxygen atoms in total. The van der Waals surface area contributed by atoms with Crippen molar-refractivity contribution in [2.45, 2.75) is 6.42 Å². The van der Waals surface area contributed by atoms with E-state index in [1.165, 1.54) is 7.11 Å².